The van der Waals surface area contributed by atoms with Gasteiger partial charge in [0.2, 0.25) is 0 Å². The number of rotatable bonds is 5. The summed E-state index contributed by atoms with van der Waals surface area (Å²) >= 11 is 0. The first-order valence-electron chi connectivity index (χ1n) is 8.19. The summed E-state index contributed by atoms with van der Waals surface area (Å²) in [4.78, 5) is 24.7. The van der Waals surface area contributed by atoms with Crippen molar-refractivity contribution in [1.82, 2.24) is 0 Å². The van der Waals surface area contributed by atoms with Gasteiger partial charge in [0.15, 0.2) is 0 Å². The van der Waals surface area contributed by atoms with E-state index in [1.54, 1.807) is 12.1 Å². The Hall–Kier alpha value is -3.14. The monoisotopic (exact) mass is 333 g/mol. The van der Waals surface area contributed by atoms with E-state index in [1.165, 1.54) is 5.56 Å². The van der Waals surface area contributed by atoms with Crippen molar-refractivity contribution < 1.29 is 9.21 Å². The number of nitrogens with one attached hydrogen (secondary N) is 1. The Morgan fingerprint density at radius 2 is 1.96 bits per heavy atom. The van der Waals surface area contributed by atoms with E-state index in [-0.39, 0.29) is 5.56 Å². The van der Waals surface area contributed by atoms with Gasteiger partial charge >= 0.3 is 5.63 Å². The van der Waals surface area contributed by atoms with Gasteiger partial charge in [0, 0.05) is 11.1 Å². The van der Waals surface area contributed by atoms with Gasteiger partial charge in [0.25, 0.3) is 5.91 Å². The van der Waals surface area contributed by atoms with Crippen molar-refractivity contribution in [2.45, 2.75) is 19.8 Å². The Balaban J connectivity index is 1.94. The second-order valence-electron chi connectivity index (χ2n) is 5.78. The fourth-order valence-corrected chi connectivity index (χ4v) is 2.70. The topological polar surface area (TPSA) is 59.3 Å². The molecule has 0 spiro atoms. The van der Waals surface area contributed by atoms with Crippen LogP contribution in [0.3, 0.4) is 0 Å². The highest BCUT2D eigenvalue weighted by atomic mass is 16.4. The molecular formula is C21H19NO3. The number of para-hydroxylation sites is 1. The third-order valence-corrected chi connectivity index (χ3v) is 4.07. The van der Waals surface area contributed by atoms with Crippen LogP contribution in [-0.2, 0) is 12.8 Å². The molecule has 3 rings (SSSR count). The first kappa shape index (κ1) is 16.7. The first-order chi connectivity index (χ1) is 12.1. The van der Waals surface area contributed by atoms with E-state index >= 15 is 0 Å². The summed E-state index contributed by atoms with van der Waals surface area (Å²) in [5.41, 5.74) is 2.53. The van der Waals surface area contributed by atoms with Crippen LogP contribution in [0.5, 0.6) is 0 Å². The molecule has 0 bridgehead atoms. The predicted octanol–water partition coefficient (Wildman–Crippen LogP) is 4.34. The van der Waals surface area contributed by atoms with Gasteiger partial charge in [-0.2, -0.15) is 0 Å². The van der Waals surface area contributed by atoms with Crippen molar-refractivity contribution in [3.05, 3.63) is 88.3 Å². The van der Waals surface area contributed by atoms with E-state index in [0.717, 1.165) is 12.0 Å². The summed E-state index contributed by atoms with van der Waals surface area (Å²) in [5, 5.41) is 3.45. The highest BCUT2D eigenvalue weighted by Gasteiger charge is 2.15. The molecule has 1 amide bonds. The van der Waals surface area contributed by atoms with Crippen LogP contribution in [-0.4, -0.2) is 5.91 Å². The van der Waals surface area contributed by atoms with Gasteiger partial charge in [0.05, 0.1) is 0 Å². The Kier molecular flexibility index (Phi) is 4.80. The van der Waals surface area contributed by atoms with E-state index < -0.39 is 11.5 Å². The Bertz CT molecular complexity index is 984. The largest absolute Gasteiger partial charge is 0.422 e. The molecule has 0 atom stereocenters. The zero-order chi connectivity index (χ0) is 17.8. The highest BCUT2D eigenvalue weighted by molar-refractivity contribution is 6.05. The van der Waals surface area contributed by atoms with Gasteiger partial charge in [-0.15, -0.1) is 6.58 Å². The number of amides is 1. The van der Waals surface area contributed by atoms with E-state index in [4.69, 9.17) is 4.42 Å². The maximum atomic E-state index is 12.5. The maximum absolute atomic E-state index is 12.5. The van der Waals surface area contributed by atoms with Crippen LogP contribution in [0.15, 0.2) is 70.4 Å². The number of benzene rings is 2. The number of carbonyl (C=O) groups is 1. The van der Waals surface area contributed by atoms with Crippen molar-refractivity contribution in [1.29, 1.82) is 0 Å². The summed E-state index contributed by atoms with van der Waals surface area (Å²) in [6.45, 7) is 5.77. The maximum Gasteiger partial charge on any atom is 0.349 e. The lowest BCUT2D eigenvalue weighted by Gasteiger charge is -2.07. The molecule has 0 saturated heterocycles. The zero-order valence-corrected chi connectivity index (χ0v) is 14.0. The molecule has 1 N–H and O–H groups in total. The summed E-state index contributed by atoms with van der Waals surface area (Å²) < 4.78 is 5.41. The fourth-order valence-electron chi connectivity index (χ4n) is 2.70. The van der Waals surface area contributed by atoms with Crippen LogP contribution in [0, 0.1) is 0 Å². The lowest BCUT2D eigenvalue weighted by Crippen LogP contribution is -2.20. The van der Waals surface area contributed by atoms with E-state index in [1.807, 2.05) is 42.5 Å². The second-order valence-corrected chi connectivity index (χ2v) is 5.78. The van der Waals surface area contributed by atoms with Crippen molar-refractivity contribution in [3.8, 4) is 0 Å². The van der Waals surface area contributed by atoms with Gasteiger partial charge in [-0.3, -0.25) is 4.79 Å². The molecule has 0 radical (unpaired) electrons. The van der Waals surface area contributed by atoms with Gasteiger partial charge in [-0.1, -0.05) is 43.3 Å². The Morgan fingerprint density at radius 1 is 1.20 bits per heavy atom. The number of aryl methyl sites for hydroxylation is 1. The first-order valence-corrected chi connectivity index (χ1v) is 8.19. The lowest BCUT2D eigenvalue weighted by molar-refractivity contribution is 0.102. The Labute approximate surface area is 145 Å². The van der Waals surface area contributed by atoms with Crippen LogP contribution in [0.25, 0.3) is 11.0 Å². The summed E-state index contributed by atoms with van der Waals surface area (Å²) in [5.74, 6) is -0.478. The van der Waals surface area contributed by atoms with Crippen molar-refractivity contribution in [2.24, 2.45) is 0 Å². The molecule has 4 heteroatoms. The van der Waals surface area contributed by atoms with Crippen molar-refractivity contribution in [2.75, 3.05) is 5.32 Å². The molecule has 0 unspecified atom stereocenters. The van der Waals surface area contributed by atoms with E-state index in [9.17, 15) is 9.59 Å². The molecular weight excluding hydrogens is 314 g/mol. The van der Waals surface area contributed by atoms with E-state index in [2.05, 4.69) is 18.8 Å². The van der Waals surface area contributed by atoms with Crippen molar-refractivity contribution >= 4 is 22.6 Å². The zero-order valence-electron chi connectivity index (χ0n) is 14.0. The molecule has 2 aromatic carbocycles. The SMILES string of the molecule is C=CCc1cccc2cc(C(=O)Nc3ccc(CC)cc3)c(=O)oc12. The van der Waals surface area contributed by atoms with Crippen LogP contribution in [0.1, 0.15) is 28.4 Å². The van der Waals surface area contributed by atoms with Gasteiger partial charge in [-0.25, -0.2) is 4.79 Å². The number of hydrogen-bond acceptors (Lipinski definition) is 3. The van der Waals surface area contributed by atoms with Crippen LogP contribution in [0.2, 0.25) is 0 Å². The second kappa shape index (κ2) is 7.18. The number of fused-ring (bicyclic) bond motifs is 1. The van der Waals surface area contributed by atoms with E-state index in [0.29, 0.717) is 23.1 Å². The molecule has 25 heavy (non-hydrogen) atoms. The molecule has 0 fully saturated rings. The average molecular weight is 333 g/mol. The lowest BCUT2D eigenvalue weighted by atomic mass is 10.1. The molecule has 0 aliphatic rings. The molecule has 1 aromatic heterocycles. The predicted molar refractivity (Wildman–Crippen MR) is 100 cm³/mol. The summed E-state index contributed by atoms with van der Waals surface area (Å²) in [6, 6.07) is 14.7. The van der Waals surface area contributed by atoms with Gasteiger partial charge in [-0.05, 0) is 42.2 Å². The third kappa shape index (κ3) is 3.53. The number of allylic oxidation sites excluding steroid dienone is 1. The average Bonchev–Trinajstić information content (AvgIpc) is 2.62. The molecule has 4 nitrogen and oxygen atoms in total. The van der Waals surface area contributed by atoms with Crippen LogP contribution >= 0.6 is 0 Å². The normalized spacial score (nSPS) is 10.6. The van der Waals surface area contributed by atoms with Crippen molar-refractivity contribution in [3.63, 3.8) is 0 Å². The molecule has 0 aliphatic heterocycles. The van der Waals surface area contributed by atoms with Crippen LogP contribution < -0.4 is 10.9 Å². The molecule has 126 valence electrons. The number of hydrogen-bond donors (Lipinski definition) is 1. The highest BCUT2D eigenvalue weighted by Crippen LogP contribution is 2.20. The smallest absolute Gasteiger partial charge is 0.349 e. The van der Waals surface area contributed by atoms with Gasteiger partial charge < -0.3 is 9.73 Å². The number of carbonyl (C=O) groups excluding carboxylic acids is 1. The fraction of sp³-hybridized carbons (Fsp3) is 0.143. The minimum Gasteiger partial charge on any atom is -0.422 e. The summed E-state index contributed by atoms with van der Waals surface area (Å²) in [7, 11) is 0. The quantitative estimate of drug-likeness (QED) is 0.558. The molecule has 0 aliphatic carbocycles. The minimum absolute atomic E-state index is 0.0113. The minimum atomic E-state index is -0.647. The number of anilines is 1. The molecule has 3 aromatic rings. The molecule has 0 saturated carbocycles. The van der Waals surface area contributed by atoms with Crippen LogP contribution in [0.4, 0.5) is 5.69 Å². The molecule has 1 heterocycles. The Morgan fingerprint density at radius 3 is 2.64 bits per heavy atom. The summed E-state index contributed by atoms with van der Waals surface area (Å²) in [6.07, 6.45) is 3.26. The standard InChI is InChI=1S/C21H19NO3/c1-3-6-15-7-5-8-16-13-18(21(24)25-19(15)16)20(23)22-17-11-9-14(4-2)10-12-17/h3,5,7-13H,1,4,6H2,2H3,(H,22,23). The van der Waals surface area contributed by atoms with Gasteiger partial charge in [0.1, 0.15) is 11.1 Å². The third-order valence-electron chi connectivity index (χ3n) is 4.07.